The maximum Gasteiger partial charge on any atom is 0.303 e. The molecule has 0 fully saturated rings. The molecule has 0 heterocycles. The van der Waals surface area contributed by atoms with Crippen molar-refractivity contribution in [1.82, 2.24) is 0 Å². The second kappa shape index (κ2) is 9.71. The Hall–Kier alpha value is -2.24. The van der Waals surface area contributed by atoms with Crippen LogP contribution in [0.2, 0.25) is 0 Å². The quantitative estimate of drug-likeness (QED) is 0.473. The molecule has 0 amide bonds. The van der Waals surface area contributed by atoms with E-state index in [1.54, 1.807) is 0 Å². The van der Waals surface area contributed by atoms with Gasteiger partial charge in [-0.05, 0) is 47.2 Å². The van der Waals surface area contributed by atoms with Gasteiger partial charge in [-0.2, -0.15) is 0 Å². The molecule has 0 spiro atoms. The summed E-state index contributed by atoms with van der Waals surface area (Å²) in [5, 5.41) is 18.8. The fourth-order valence-corrected chi connectivity index (χ4v) is 4.93. The van der Waals surface area contributed by atoms with Crippen molar-refractivity contribution in [3.63, 3.8) is 0 Å². The first-order valence-corrected chi connectivity index (χ1v) is 11.0. The Morgan fingerprint density at radius 2 is 1.40 bits per heavy atom. The first kappa shape index (κ1) is 22.4. The van der Waals surface area contributed by atoms with Crippen LogP contribution in [0.3, 0.4) is 0 Å². The van der Waals surface area contributed by atoms with E-state index >= 15 is 0 Å². The number of rotatable bonds is 11. The first-order chi connectivity index (χ1) is 14.4. The summed E-state index contributed by atoms with van der Waals surface area (Å²) in [7, 11) is 0. The molecule has 7 heteroatoms. The maximum absolute atomic E-state index is 11.5. The monoisotopic (exact) mass is 449 g/mol. The summed E-state index contributed by atoms with van der Waals surface area (Å²) in [5.41, 5.74) is 4.35. The van der Waals surface area contributed by atoms with Crippen molar-refractivity contribution >= 4 is 40.8 Å². The highest BCUT2D eigenvalue weighted by Gasteiger charge is 2.43. The van der Waals surface area contributed by atoms with Gasteiger partial charge >= 0.3 is 11.9 Å². The van der Waals surface area contributed by atoms with Gasteiger partial charge in [-0.3, -0.25) is 9.59 Å². The van der Waals surface area contributed by atoms with E-state index in [2.05, 4.69) is 11.0 Å². The van der Waals surface area contributed by atoms with Crippen molar-refractivity contribution in [2.75, 3.05) is 29.7 Å². The molecule has 0 aromatic heterocycles. The number of nitrogens with zero attached hydrogens (tertiary/aromatic N) is 1. The van der Waals surface area contributed by atoms with Gasteiger partial charge in [0.05, 0.1) is 0 Å². The van der Waals surface area contributed by atoms with Crippen molar-refractivity contribution in [3.8, 4) is 11.1 Å². The Labute approximate surface area is 186 Å². The number of halogens is 2. The summed E-state index contributed by atoms with van der Waals surface area (Å²) in [6, 6.07) is 14.0. The third-order valence-corrected chi connectivity index (χ3v) is 6.19. The van der Waals surface area contributed by atoms with Gasteiger partial charge < -0.3 is 15.1 Å². The molecule has 1 aliphatic rings. The average Bonchev–Trinajstić information content (AvgIpc) is 3.00. The van der Waals surface area contributed by atoms with Crippen LogP contribution in [0.1, 0.15) is 36.8 Å². The van der Waals surface area contributed by atoms with Gasteiger partial charge in [0.15, 0.2) is 0 Å². The van der Waals surface area contributed by atoms with E-state index in [0.717, 1.165) is 27.9 Å². The predicted molar refractivity (Wildman–Crippen MR) is 120 cm³/mol. The van der Waals surface area contributed by atoms with Gasteiger partial charge in [0.2, 0.25) is 0 Å². The van der Waals surface area contributed by atoms with Gasteiger partial charge in [-0.25, -0.2) is 0 Å². The van der Waals surface area contributed by atoms with Gasteiger partial charge in [-0.1, -0.05) is 30.3 Å². The first-order valence-electron chi connectivity index (χ1n) is 9.98. The number of fused-ring (bicyclic) bond motifs is 3. The van der Waals surface area contributed by atoms with Crippen molar-refractivity contribution in [2.45, 2.75) is 31.1 Å². The molecular weight excluding hydrogens is 425 g/mol. The van der Waals surface area contributed by atoms with Crippen LogP contribution in [0.5, 0.6) is 0 Å². The fourth-order valence-electron chi connectivity index (χ4n) is 4.52. The second-order valence-electron chi connectivity index (χ2n) is 7.51. The molecule has 0 bridgehead atoms. The minimum atomic E-state index is -0.891. The number of hydrogen-bond donors (Lipinski definition) is 2. The third kappa shape index (κ3) is 4.42. The van der Waals surface area contributed by atoms with Crippen LogP contribution >= 0.6 is 23.2 Å². The Balaban J connectivity index is 2.16. The normalized spacial score (nSPS) is 13.5. The van der Waals surface area contributed by atoms with Crippen LogP contribution < -0.4 is 4.90 Å². The Kier molecular flexibility index (Phi) is 7.27. The molecule has 2 aromatic rings. The van der Waals surface area contributed by atoms with Crippen molar-refractivity contribution in [2.24, 2.45) is 0 Å². The van der Waals surface area contributed by atoms with E-state index in [4.69, 9.17) is 23.2 Å². The minimum Gasteiger partial charge on any atom is -0.481 e. The third-order valence-electron chi connectivity index (χ3n) is 5.86. The summed E-state index contributed by atoms with van der Waals surface area (Å²) in [5.74, 6) is -0.871. The smallest absolute Gasteiger partial charge is 0.303 e. The number of hydrogen-bond acceptors (Lipinski definition) is 3. The number of anilines is 1. The van der Waals surface area contributed by atoms with Crippen LogP contribution in [-0.4, -0.2) is 47.0 Å². The molecule has 5 nitrogen and oxygen atoms in total. The summed E-state index contributed by atoms with van der Waals surface area (Å²) < 4.78 is 0. The molecule has 0 unspecified atom stereocenters. The van der Waals surface area contributed by atoms with E-state index in [0.29, 0.717) is 37.7 Å². The standard InChI is InChI=1S/C23H25Cl2NO4/c24-11-13-26(14-12-25)16-5-6-18-17-3-1-2-4-19(17)23(20(18)15-16,9-7-21(27)28)10-8-22(29)30/h1-6,15H,7-14H2,(H,27,28)(H,29,30). The summed E-state index contributed by atoms with van der Waals surface area (Å²) in [6.45, 7) is 1.27. The highest BCUT2D eigenvalue weighted by Crippen LogP contribution is 2.54. The fraction of sp³-hybridized carbons (Fsp3) is 0.391. The topological polar surface area (TPSA) is 77.8 Å². The lowest BCUT2D eigenvalue weighted by Crippen LogP contribution is -2.30. The minimum absolute atomic E-state index is 0.0370. The van der Waals surface area contributed by atoms with Crippen molar-refractivity contribution < 1.29 is 19.8 Å². The lowest BCUT2D eigenvalue weighted by Gasteiger charge is -2.33. The van der Waals surface area contributed by atoms with Gasteiger partial charge in [-0.15, -0.1) is 23.2 Å². The largest absolute Gasteiger partial charge is 0.481 e. The predicted octanol–water partition coefficient (Wildman–Crippen LogP) is 4.97. The lowest BCUT2D eigenvalue weighted by molar-refractivity contribution is -0.137. The molecule has 0 saturated carbocycles. The number of carbonyl (C=O) groups is 2. The molecule has 2 aromatic carbocycles. The number of alkyl halides is 2. The van der Waals surface area contributed by atoms with Crippen molar-refractivity contribution in [3.05, 3.63) is 53.6 Å². The van der Waals surface area contributed by atoms with Crippen LogP contribution in [0, 0.1) is 0 Å². The molecule has 0 atom stereocenters. The number of carboxylic acids is 2. The van der Waals surface area contributed by atoms with Crippen LogP contribution in [-0.2, 0) is 15.0 Å². The Bertz CT molecular complexity index is 907. The SMILES string of the molecule is O=C(O)CCC1(CCC(=O)O)c2ccccc2-c2ccc(N(CCCl)CCCl)cc21. The maximum atomic E-state index is 11.5. The highest BCUT2D eigenvalue weighted by atomic mass is 35.5. The highest BCUT2D eigenvalue weighted by molar-refractivity contribution is 6.18. The lowest BCUT2D eigenvalue weighted by atomic mass is 9.71. The molecule has 0 aliphatic heterocycles. The number of benzene rings is 2. The van der Waals surface area contributed by atoms with E-state index in [-0.39, 0.29) is 12.8 Å². The molecular formula is C23H25Cl2NO4. The van der Waals surface area contributed by atoms with Crippen LogP contribution in [0.4, 0.5) is 5.69 Å². The van der Waals surface area contributed by atoms with E-state index in [1.165, 1.54) is 0 Å². The molecule has 0 radical (unpaired) electrons. The molecule has 160 valence electrons. The van der Waals surface area contributed by atoms with Gasteiger partial charge in [0.25, 0.3) is 0 Å². The van der Waals surface area contributed by atoms with Gasteiger partial charge in [0.1, 0.15) is 0 Å². The Morgan fingerprint density at radius 1 is 0.833 bits per heavy atom. The van der Waals surface area contributed by atoms with Crippen molar-refractivity contribution in [1.29, 1.82) is 0 Å². The molecule has 30 heavy (non-hydrogen) atoms. The number of aliphatic carboxylic acids is 2. The van der Waals surface area contributed by atoms with Gasteiger partial charge in [0, 0.05) is 48.8 Å². The second-order valence-corrected chi connectivity index (χ2v) is 8.27. The van der Waals surface area contributed by atoms with E-state index in [9.17, 15) is 19.8 Å². The molecule has 2 N–H and O–H groups in total. The molecule has 1 aliphatic carbocycles. The van der Waals surface area contributed by atoms with Crippen LogP contribution in [0.25, 0.3) is 11.1 Å². The van der Waals surface area contributed by atoms with E-state index < -0.39 is 17.4 Å². The Morgan fingerprint density at radius 3 is 1.97 bits per heavy atom. The zero-order chi connectivity index (χ0) is 21.7. The summed E-state index contributed by atoms with van der Waals surface area (Å²) >= 11 is 12.0. The molecule has 3 rings (SSSR count). The summed E-state index contributed by atoms with van der Waals surface area (Å²) in [6.07, 6.45) is 0.609. The number of carboxylic acid groups (broad SMARTS) is 2. The van der Waals surface area contributed by atoms with Crippen LogP contribution in [0.15, 0.2) is 42.5 Å². The average molecular weight is 450 g/mol. The summed E-state index contributed by atoms with van der Waals surface area (Å²) in [4.78, 5) is 25.0. The zero-order valence-corrected chi connectivity index (χ0v) is 18.1. The van der Waals surface area contributed by atoms with E-state index in [1.807, 2.05) is 36.4 Å². The zero-order valence-electron chi connectivity index (χ0n) is 16.6. The molecule has 0 saturated heterocycles.